The predicted molar refractivity (Wildman–Crippen MR) is 85.9 cm³/mol. The molecule has 0 radical (unpaired) electrons. The largest absolute Gasteiger partial charge is 0.493 e. The molecule has 0 fully saturated rings. The smallest absolute Gasteiger partial charge is 0.122 e. The Bertz CT molecular complexity index is 630. The third kappa shape index (κ3) is 3.05. The normalized spacial score (nSPS) is 13.1. The number of nitrogens with two attached hydrogens (primary N) is 1. The van der Waals surface area contributed by atoms with Gasteiger partial charge < -0.3 is 10.5 Å². The van der Waals surface area contributed by atoms with Gasteiger partial charge >= 0.3 is 0 Å². The van der Waals surface area contributed by atoms with Crippen LogP contribution in [0.25, 0.3) is 0 Å². The third-order valence-corrected chi connectivity index (χ3v) is 4.70. The lowest BCUT2D eigenvalue weighted by molar-refractivity contribution is 0.357. The number of benzene rings is 2. The van der Waals surface area contributed by atoms with Gasteiger partial charge in [0.05, 0.1) is 6.61 Å². The number of hydrogen-bond donors (Lipinski definition) is 1. The van der Waals surface area contributed by atoms with Crippen molar-refractivity contribution in [1.82, 2.24) is 0 Å². The minimum absolute atomic E-state index is 0.686. The van der Waals surface area contributed by atoms with Crippen LogP contribution in [0.5, 0.6) is 5.75 Å². The van der Waals surface area contributed by atoms with E-state index in [0.717, 1.165) is 41.5 Å². The molecule has 104 valence electrons. The second-order valence-electron chi connectivity index (χ2n) is 4.82. The van der Waals surface area contributed by atoms with Crippen molar-refractivity contribution in [2.75, 3.05) is 18.1 Å². The standard InChI is InChI=1S/C16H16ClNOS/c17-13-2-4-16(14(18)10-13)20-8-6-11-1-3-15-12(9-11)5-7-19-15/h1-4,9-10H,5-8,18H2. The van der Waals surface area contributed by atoms with E-state index in [9.17, 15) is 0 Å². The van der Waals surface area contributed by atoms with Crippen molar-refractivity contribution in [1.29, 1.82) is 0 Å². The van der Waals surface area contributed by atoms with Crippen LogP contribution in [0, 0.1) is 0 Å². The Hall–Kier alpha value is -1.32. The molecule has 2 aromatic carbocycles. The molecule has 2 nitrogen and oxygen atoms in total. The number of ether oxygens (including phenoxy) is 1. The summed E-state index contributed by atoms with van der Waals surface area (Å²) in [5, 5.41) is 0.686. The van der Waals surface area contributed by atoms with Crippen molar-refractivity contribution < 1.29 is 4.74 Å². The molecule has 0 spiro atoms. The number of nitrogen functional groups attached to an aromatic ring is 1. The molecular weight excluding hydrogens is 290 g/mol. The fraction of sp³-hybridized carbons (Fsp3) is 0.250. The van der Waals surface area contributed by atoms with Gasteiger partial charge in [-0.25, -0.2) is 0 Å². The lowest BCUT2D eigenvalue weighted by atomic mass is 10.1. The van der Waals surface area contributed by atoms with Gasteiger partial charge in [0.15, 0.2) is 0 Å². The van der Waals surface area contributed by atoms with Crippen molar-refractivity contribution in [2.45, 2.75) is 17.7 Å². The molecule has 2 aromatic rings. The summed E-state index contributed by atoms with van der Waals surface area (Å²) in [4.78, 5) is 1.10. The van der Waals surface area contributed by atoms with Crippen LogP contribution in [0.1, 0.15) is 11.1 Å². The summed E-state index contributed by atoms with van der Waals surface area (Å²) < 4.78 is 5.52. The molecule has 20 heavy (non-hydrogen) atoms. The SMILES string of the molecule is Nc1cc(Cl)ccc1SCCc1ccc2c(c1)CCO2. The summed E-state index contributed by atoms with van der Waals surface area (Å²) in [6, 6.07) is 12.2. The Kier molecular flexibility index (Phi) is 4.08. The molecule has 1 heterocycles. The first-order valence-corrected chi connectivity index (χ1v) is 8.01. The zero-order chi connectivity index (χ0) is 13.9. The van der Waals surface area contributed by atoms with Crippen molar-refractivity contribution in [3.8, 4) is 5.75 Å². The van der Waals surface area contributed by atoms with Crippen LogP contribution in [0.3, 0.4) is 0 Å². The average molecular weight is 306 g/mol. The van der Waals surface area contributed by atoms with Gasteiger partial charge in [0.2, 0.25) is 0 Å². The maximum atomic E-state index is 5.95. The Labute approximate surface area is 128 Å². The van der Waals surface area contributed by atoms with Gasteiger partial charge in [-0.2, -0.15) is 0 Å². The van der Waals surface area contributed by atoms with Crippen LogP contribution in [0.2, 0.25) is 5.02 Å². The highest BCUT2D eigenvalue weighted by Gasteiger charge is 2.11. The summed E-state index contributed by atoms with van der Waals surface area (Å²) in [5.74, 6) is 2.05. The van der Waals surface area contributed by atoms with E-state index >= 15 is 0 Å². The molecule has 2 N–H and O–H groups in total. The Morgan fingerprint density at radius 3 is 2.95 bits per heavy atom. The van der Waals surface area contributed by atoms with Crippen LogP contribution in [-0.4, -0.2) is 12.4 Å². The van der Waals surface area contributed by atoms with Gasteiger partial charge in [0.1, 0.15) is 5.75 Å². The number of rotatable bonds is 4. The number of anilines is 1. The van der Waals surface area contributed by atoms with Crippen molar-refractivity contribution in [3.63, 3.8) is 0 Å². The van der Waals surface area contributed by atoms with Crippen molar-refractivity contribution in [2.24, 2.45) is 0 Å². The Morgan fingerprint density at radius 2 is 2.10 bits per heavy atom. The second-order valence-corrected chi connectivity index (χ2v) is 6.39. The van der Waals surface area contributed by atoms with E-state index in [1.165, 1.54) is 11.1 Å². The first kappa shape index (κ1) is 13.7. The fourth-order valence-corrected chi connectivity index (χ4v) is 3.45. The van der Waals surface area contributed by atoms with Crippen LogP contribution >= 0.6 is 23.4 Å². The topological polar surface area (TPSA) is 35.2 Å². The molecule has 1 aliphatic heterocycles. The summed E-state index contributed by atoms with van der Waals surface area (Å²) in [6.45, 7) is 0.814. The molecule has 0 aliphatic carbocycles. The number of hydrogen-bond acceptors (Lipinski definition) is 3. The van der Waals surface area contributed by atoms with Gasteiger partial charge in [0, 0.05) is 27.8 Å². The highest BCUT2D eigenvalue weighted by Crippen LogP contribution is 2.29. The van der Waals surface area contributed by atoms with Crippen LogP contribution in [-0.2, 0) is 12.8 Å². The van der Waals surface area contributed by atoms with Crippen LogP contribution in [0.4, 0.5) is 5.69 Å². The van der Waals surface area contributed by atoms with E-state index in [1.54, 1.807) is 17.8 Å². The molecule has 4 heteroatoms. The van der Waals surface area contributed by atoms with Gasteiger partial charge in [0.25, 0.3) is 0 Å². The Balaban J connectivity index is 1.60. The number of thioether (sulfide) groups is 1. The van der Waals surface area contributed by atoms with Gasteiger partial charge in [-0.15, -0.1) is 11.8 Å². The fourth-order valence-electron chi connectivity index (χ4n) is 2.33. The number of fused-ring (bicyclic) bond motifs is 1. The van der Waals surface area contributed by atoms with Crippen LogP contribution in [0.15, 0.2) is 41.3 Å². The molecule has 0 atom stereocenters. The predicted octanol–water partition coefficient (Wildman–Crippen LogP) is 4.19. The molecule has 0 saturated heterocycles. The zero-order valence-electron chi connectivity index (χ0n) is 11.1. The first-order valence-electron chi connectivity index (χ1n) is 6.65. The summed E-state index contributed by atoms with van der Waals surface area (Å²) in [6.07, 6.45) is 2.06. The molecule has 0 amide bonds. The van der Waals surface area contributed by atoms with Gasteiger partial charge in [-0.3, -0.25) is 0 Å². The summed E-state index contributed by atoms with van der Waals surface area (Å²) in [5.41, 5.74) is 9.40. The van der Waals surface area contributed by atoms with Gasteiger partial charge in [-0.05, 0) is 41.8 Å². The summed E-state index contributed by atoms with van der Waals surface area (Å²) in [7, 11) is 0. The van der Waals surface area contributed by atoms with Crippen molar-refractivity contribution >= 4 is 29.1 Å². The first-order chi connectivity index (χ1) is 9.72. The molecule has 0 unspecified atom stereocenters. The molecule has 0 bridgehead atoms. The van der Waals surface area contributed by atoms with E-state index in [0.29, 0.717) is 5.02 Å². The van der Waals surface area contributed by atoms with Crippen molar-refractivity contribution in [3.05, 3.63) is 52.5 Å². The zero-order valence-corrected chi connectivity index (χ0v) is 12.6. The molecule has 0 aromatic heterocycles. The average Bonchev–Trinajstić information content (AvgIpc) is 2.89. The lowest BCUT2D eigenvalue weighted by Gasteiger charge is -2.07. The maximum absolute atomic E-state index is 5.95. The van der Waals surface area contributed by atoms with Gasteiger partial charge in [-0.1, -0.05) is 23.7 Å². The number of halogens is 1. The summed E-state index contributed by atoms with van der Waals surface area (Å²) >= 11 is 7.67. The minimum Gasteiger partial charge on any atom is -0.493 e. The maximum Gasteiger partial charge on any atom is 0.122 e. The quantitative estimate of drug-likeness (QED) is 0.679. The second kappa shape index (κ2) is 5.98. The third-order valence-electron chi connectivity index (χ3n) is 3.37. The highest BCUT2D eigenvalue weighted by atomic mass is 35.5. The molecule has 3 rings (SSSR count). The minimum atomic E-state index is 0.686. The van der Waals surface area contributed by atoms with E-state index in [1.807, 2.05) is 12.1 Å². The Morgan fingerprint density at radius 1 is 1.20 bits per heavy atom. The lowest BCUT2D eigenvalue weighted by Crippen LogP contribution is -1.92. The highest BCUT2D eigenvalue weighted by molar-refractivity contribution is 7.99. The monoisotopic (exact) mass is 305 g/mol. The van der Waals surface area contributed by atoms with E-state index < -0.39 is 0 Å². The van der Waals surface area contributed by atoms with E-state index in [2.05, 4.69) is 18.2 Å². The molecular formula is C16H16ClNOS. The number of aryl methyl sites for hydroxylation is 1. The van der Waals surface area contributed by atoms with E-state index in [4.69, 9.17) is 22.1 Å². The molecule has 1 aliphatic rings. The van der Waals surface area contributed by atoms with E-state index in [-0.39, 0.29) is 0 Å². The molecule has 0 saturated carbocycles. The van der Waals surface area contributed by atoms with Crippen LogP contribution < -0.4 is 10.5 Å².